The van der Waals surface area contributed by atoms with E-state index in [2.05, 4.69) is 0 Å². The molecule has 4 radical (unpaired) electrons. The molecule has 80 valence electrons. The van der Waals surface area contributed by atoms with E-state index in [1.165, 1.54) is 0 Å². The molecule has 0 spiro atoms. The van der Waals surface area contributed by atoms with Crippen molar-refractivity contribution in [1.82, 2.24) is 9.80 Å². The number of hydrogen-bond acceptors (Lipinski definition) is 2. The van der Waals surface area contributed by atoms with Crippen molar-refractivity contribution in [2.75, 3.05) is 28.2 Å². The molecule has 0 saturated heterocycles. The second-order valence-corrected chi connectivity index (χ2v) is 2.04. The molecule has 6 heteroatoms. The Morgan fingerprint density at radius 1 is 0.636 bits per heavy atom. The van der Waals surface area contributed by atoms with Gasteiger partial charge in [-0.15, -0.1) is 0 Å². The van der Waals surface area contributed by atoms with Crippen LogP contribution in [0.25, 0.3) is 0 Å². The van der Waals surface area contributed by atoms with Gasteiger partial charge in [0, 0.05) is 67.1 Å². The Hall–Kier alpha value is 1.95. The largest absolute Gasteiger partial charge is 0.448 e. The summed E-state index contributed by atoms with van der Waals surface area (Å²) < 4.78 is 0. The third-order valence-electron chi connectivity index (χ3n) is 0.462. The summed E-state index contributed by atoms with van der Waals surface area (Å²) in [6.45, 7) is 2.00. The van der Waals surface area contributed by atoms with Crippen LogP contribution in [0, 0.1) is 6.67 Å². The van der Waals surface area contributed by atoms with Gasteiger partial charge in [-0.05, 0) is 28.2 Å². The van der Waals surface area contributed by atoms with E-state index >= 15 is 0 Å². The monoisotopic (exact) mass is 337 g/mol. The summed E-state index contributed by atoms with van der Waals surface area (Å²) in [5.74, 6) is 0. The van der Waals surface area contributed by atoms with Gasteiger partial charge in [-0.1, -0.05) is 0 Å². The van der Waals surface area contributed by atoms with Crippen LogP contribution in [0.1, 0.15) is 0 Å². The molecule has 0 heterocycles. The van der Waals surface area contributed by atoms with E-state index in [9.17, 15) is 0 Å². The molecule has 0 aliphatic carbocycles. The predicted octanol–water partition coefficient (Wildman–Crippen LogP) is 0.219. The van der Waals surface area contributed by atoms with Gasteiger partial charge < -0.3 is 9.80 Å². The maximum Gasteiger partial charge on any atom is 0 e. The molecule has 0 aliphatic rings. The molecule has 2 nitrogen and oxygen atoms in total. The SMILES string of the molecule is CN(C)[CH-]N(C)C.[Co].[Co].[Co].[Co]. The standard InChI is InChI=1S/C5H13N2.4Co/c1-6(2)5-7(3)4;;;;/h5H,1-4H3;;;;/q-1;;;;. The van der Waals surface area contributed by atoms with Crippen LogP contribution in [-0.2, 0) is 67.1 Å². The molecule has 0 unspecified atom stereocenters. The molecule has 0 rings (SSSR count). The third-order valence-corrected chi connectivity index (χ3v) is 0.462. The first-order valence-electron chi connectivity index (χ1n) is 2.31. The van der Waals surface area contributed by atoms with Gasteiger partial charge in [0.05, 0.1) is 0 Å². The van der Waals surface area contributed by atoms with Crippen molar-refractivity contribution in [2.45, 2.75) is 0 Å². The van der Waals surface area contributed by atoms with Gasteiger partial charge in [-0.25, -0.2) is 6.67 Å². The van der Waals surface area contributed by atoms with Crippen molar-refractivity contribution < 1.29 is 67.1 Å². The molecule has 0 amide bonds. The second kappa shape index (κ2) is 17.9. The fraction of sp³-hybridized carbons (Fsp3) is 0.800. The molecule has 0 saturated carbocycles. The van der Waals surface area contributed by atoms with E-state index < -0.39 is 0 Å². The quantitative estimate of drug-likeness (QED) is 0.666. The van der Waals surface area contributed by atoms with Gasteiger partial charge >= 0.3 is 0 Å². The van der Waals surface area contributed by atoms with E-state index in [0.717, 1.165) is 0 Å². The summed E-state index contributed by atoms with van der Waals surface area (Å²) in [6.07, 6.45) is 0. The summed E-state index contributed by atoms with van der Waals surface area (Å²) >= 11 is 0. The Kier molecular flexibility index (Phi) is 47.6. The average molecular weight is 337 g/mol. The zero-order chi connectivity index (χ0) is 5.86. The van der Waals surface area contributed by atoms with Crippen molar-refractivity contribution in [3.05, 3.63) is 6.67 Å². The minimum absolute atomic E-state index is 0. The van der Waals surface area contributed by atoms with Gasteiger partial charge in [0.1, 0.15) is 0 Å². The molecule has 0 aromatic heterocycles. The first-order valence-corrected chi connectivity index (χ1v) is 2.31. The minimum Gasteiger partial charge on any atom is -0.448 e. The van der Waals surface area contributed by atoms with Crippen LogP contribution in [0.15, 0.2) is 0 Å². The number of rotatable bonds is 2. The topological polar surface area (TPSA) is 6.48 Å². The predicted molar refractivity (Wildman–Crippen MR) is 31.7 cm³/mol. The summed E-state index contributed by atoms with van der Waals surface area (Å²) in [7, 11) is 8.00. The van der Waals surface area contributed by atoms with Crippen LogP contribution in [-0.4, -0.2) is 38.0 Å². The molecule has 0 bridgehead atoms. The van der Waals surface area contributed by atoms with E-state index in [1.54, 1.807) is 0 Å². The van der Waals surface area contributed by atoms with Crippen LogP contribution < -0.4 is 0 Å². The number of hydrogen-bond donors (Lipinski definition) is 0. The Labute approximate surface area is 111 Å². The van der Waals surface area contributed by atoms with Crippen LogP contribution in [0.3, 0.4) is 0 Å². The zero-order valence-corrected chi connectivity index (χ0v) is 11.0. The van der Waals surface area contributed by atoms with Crippen molar-refractivity contribution in [2.24, 2.45) is 0 Å². The second-order valence-electron chi connectivity index (χ2n) is 2.04. The molecule has 11 heavy (non-hydrogen) atoms. The summed E-state index contributed by atoms with van der Waals surface area (Å²) in [4.78, 5) is 4.00. The minimum atomic E-state index is 0. The van der Waals surface area contributed by atoms with E-state index in [-0.39, 0.29) is 67.1 Å². The van der Waals surface area contributed by atoms with Gasteiger partial charge in [0.25, 0.3) is 0 Å². The van der Waals surface area contributed by atoms with Crippen LogP contribution in [0.2, 0.25) is 0 Å². The third kappa shape index (κ3) is 33.4. The first kappa shape index (κ1) is 29.3. The maximum absolute atomic E-state index is 2.00. The summed E-state index contributed by atoms with van der Waals surface area (Å²) in [6, 6.07) is 0. The molecule has 0 atom stereocenters. The van der Waals surface area contributed by atoms with Crippen LogP contribution in [0.5, 0.6) is 0 Å². The van der Waals surface area contributed by atoms with Gasteiger partial charge in [0.15, 0.2) is 0 Å². The average Bonchev–Trinajstić information content (AvgIpc) is 1.27. The van der Waals surface area contributed by atoms with Crippen molar-refractivity contribution in [3.8, 4) is 0 Å². The Balaban J connectivity index is -0.0000000300. The maximum atomic E-state index is 2.00. The normalized spacial score (nSPS) is 7.09. The van der Waals surface area contributed by atoms with Gasteiger partial charge in [-0.3, -0.25) is 0 Å². The molecule has 0 N–H and O–H groups in total. The Bertz CT molecular complexity index is 45.7. The summed E-state index contributed by atoms with van der Waals surface area (Å²) in [5.41, 5.74) is 0. The summed E-state index contributed by atoms with van der Waals surface area (Å²) in [5, 5.41) is 0. The van der Waals surface area contributed by atoms with E-state index in [0.29, 0.717) is 0 Å². The first-order chi connectivity index (χ1) is 3.13. The van der Waals surface area contributed by atoms with Crippen LogP contribution >= 0.6 is 0 Å². The van der Waals surface area contributed by atoms with E-state index in [4.69, 9.17) is 0 Å². The Morgan fingerprint density at radius 3 is 0.818 bits per heavy atom. The van der Waals surface area contributed by atoms with E-state index in [1.807, 2.05) is 44.7 Å². The number of nitrogens with zero attached hydrogens (tertiary/aromatic N) is 2. The molecule has 0 aromatic rings. The van der Waals surface area contributed by atoms with Gasteiger partial charge in [-0.2, -0.15) is 0 Å². The van der Waals surface area contributed by atoms with Crippen molar-refractivity contribution >= 4 is 0 Å². The van der Waals surface area contributed by atoms with Crippen molar-refractivity contribution in [3.63, 3.8) is 0 Å². The fourth-order valence-electron chi connectivity index (χ4n) is 0.462. The smallest absolute Gasteiger partial charge is 0 e. The molecule has 0 fully saturated rings. The molecule has 0 aromatic carbocycles. The fourth-order valence-corrected chi connectivity index (χ4v) is 0.462. The zero-order valence-electron chi connectivity index (χ0n) is 6.81. The van der Waals surface area contributed by atoms with Crippen LogP contribution in [0.4, 0.5) is 0 Å². The van der Waals surface area contributed by atoms with Gasteiger partial charge in [0.2, 0.25) is 0 Å². The van der Waals surface area contributed by atoms with Crippen molar-refractivity contribution in [1.29, 1.82) is 0 Å². The molecule has 0 aliphatic heterocycles. The molecular formula is C5H13Co4N2-. The molecular weight excluding hydrogens is 324 g/mol. The Morgan fingerprint density at radius 2 is 0.818 bits per heavy atom.